The number of primary sulfonamides is 1. The molecule has 0 saturated heterocycles. The maximum atomic E-state index is 12.3. The van der Waals surface area contributed by atoms with Gasteiger partial charge in [-0.05, 0) is 29.7 Å². The molecular weight excluding hydrogens is 281 g/mol. The Morgan fingerprint density at radius 2 is 1.95 bits per heavy atom. The standard InChI is InChI=1S/C11H13F3N2O2S/c12-11(13,14)7-16-4-3-8-5-10(19(15,17)18)2-1-9(8)6-16/h1-2,5H,3-4,6-7H2,(H2,15,17,18). The van der Waals surface area contributed by atoms with E-state index in [1.54, 1.807) is 0 Å². The van der Waals surface area contributed by atoms with E-state index in [1.165, 1.54) is 23.1 Å². The van der Waals surface area contributed by atoms with E-state index in [-0.39, 0.29) is 18.0 Å². The molecule has 2 rings (SSSR count). The molecule has 19 heavy (non-hydrogen) atoms. The van der Waals surface area contributed by atoms with Gasteiger partial charge in [0.05, 0.1) is 11.4 Å². The van der Waals surface area contributed by atoms with Crippen LogP contribution in [0.15, 0.2) is 23.1 Å². The highest BCUT2D eigenvalue weighted by molar-refractivity contribution is 7.89. The molecule has 0 spiro atoms. The molecule has 0 radical (unpaired) electrons. The Morgan fingerprint density at radius 3 is 2.53 bits per heavy atom. The zero-order valence-electron chi connectivity index (χ0n) is 9.94. The predicted molar refractivity (Wildman–Crippen MR) is 62.9 cm³/mol. The molecule has 0 fully saturated rings. The second-order valence-electron chi connectivity index (χ2n) is 4.55. The summed E-state index contributed by atoms with van der Waals surface area (Å²) in [5.74, 6) is 0. The molecule has 1 aliphatic rings. The summed E-state index contributed by atoms with van der Waals surface area (Å²) >= 11 is 0. The number of sulfonamides is 1. The average Bonchev–Trinajstić information content (AvgIpc) is 2.24. The first kappa shape index (κ1) is 14.3. The molecule has 1 aromatic carbocycles. The van der Waals surface area contributed by atoms with Crippen molar-refractivity contribution in [2.24, 2.45) is 5.14 Å². The monoisotopic (exact) mass is 294 g/mol. The zero-order chi connectivity index (χ0) is 14.3. The lowest BCUT2D eigenvalue weighted by molar-refractivity contribution is -0.147. The number of nitrogens with zero attached hydrogens (tertiary/aromatic N) is 1. The third-order valence-corrected chi connectivity index (χ3v) is 3.91. The topological polar surface area (TPSA) is 63.4 Å². The summed E-state index contributed by atoms with van der Waals surface area (Å²) in [6, 6.07) is 4.29. The maximum Gasteiger partial charge on any atom is 0.401 e. The molecule has 0 amide bonds. The van der Waals surface area contributed by atoms with E-state index in [0.29, 0.717) is 12.0 Å². The molecule has 0 aromatic heterocycles. The summed E-state index contributed by atoms with van der Waals surface area (Å²) in [6.07, 6.45) is -3.84. The van der Waals surface area contributed by atoms with Gasteiger partial charge < -0.3 is 0 Å². The molecule has 0 aliphatic carbocycles. The minimum atomic E-state index is -4.22. The van der Waals surface area contributed by atoms with Gasteiger partial charge in [0.15, 0.2) is 0 Å². The first-order valence-corrected chi connectivity index (χ1v) is 7.13. The fourth-order valence-electron chi connectivity index (χ4n) is 2.15. The van der Waals surface area contributed by atoms with Crippen molar-refractivity contribution in [2.45, 2.75) is 24.0 Å². The number of halogens is 3. The van der Waals surface area contributed by atoms with Gasteiger partial charge in [-0.2, -0.15) is 13.2 Å². The van der Waals surface area contributed by atoms with Gasteiger partial charge in [-0.25, -0.2) is 13.6 Å². The van der Waals surface area contributed by atoms with Crippen LogP contribution < -0.4 is 5.14 Å². The van der Waals surface area contributed by atoms with E-state index in [9.17, 15) is 21.6 Å². The molecule has 106 valence electrons. The molecule has 1 aromatic rings. The van der Waals surface area contributed by atoms with Crippen LogP contribution in [0.1, 0.15) is 11.1 Å². The lowest BCUT2D eigenvalue weighted by atomic mass is 10.00. The highest BCUT2D eigenvalue weighted by atomic mass is 32.2. The summed E-state index contributed by atoms with van der Waals surface area (Å²) in [5, 5.41) is 5.01. The first-order chi connectivity index (χ1) is 8.65. The van der Waals surface area contributed by atoms with Crippen molar-refractivity contribution in [1.29, 1.82) is 0 Å². The quantitative estimate of drug-likeness (QED) is 0.893. The Labute approximate surface area is 109 Å². The third-order valence-electron chi connectivity index (χ3n) is 3.00. The predicted octanol–water partition coefficient (Wildman–Crippen LogP) is 1.25. The SMILES string of the molecule is NS(=O)(=O)c1ccc2c(c1)CCN(CC(F)(F)F)C2. The number of hydrogen-bond donors (Lipinski definition) is 1. The number of rotatable bonds is 2. The number of hydrogen-bond acceptors (Lipinski definition) is 3. The fraction of sp³-hybridized carbons (Fsp3) is 0.455. The molecule has 0 saturated carbocycles. The smallest absolute Gasteiger partial charge is 0.290 e. The molecule has 2 N–H and O–H groups in total. The van der Waals surface area contributed by atoms with E-state index in [1.807, 2.05) is 0 Å². The van der Waals surface area contributed by atoms with Gasteiger partial charge in [-0.15, -0.1) is 0 Å². The van der Waals surface area contributed by atoms with Crippen LogP contribution in [0.3, 0.4) is 0 Å². The minimum absolute atomic E-state index is 0.00415. The number of benzene rings is 1. The zero-order valence-corrected chi connectivity index (χ0v) is 10.8. The van der Waals surface area contributed by atoms with Gasteiger partial charge in [0, 0.05) is 13.1 Å². The Hall–Kier alpha value is -1.12. The van der Waals surface area contributed by atoms with Crippen LogP contribution in [0, 0.1) is 0 Å². The van der Waals surface area contributed by atoms with E-state index >= 15 is 0 Å². The second-order valence-corrected chi connectivity index (χ2v) is 6.11. The van der Waals surface area contributed by atoms with Gasteiger partial charge >= 0.3 is 6.18 Å². The van der Waals surface area contributed by atoms with E-state index in [2.05, 4.69) is 0 Å². The van der Waals surface area contributed by atoms with Crippen molar-refractivity contribution in [3.05, 3.63) is 29.3 Å². The van der Waals surface area contributed by atoms with Crippen LogP contribution in [0.5, 0.6) is 0 Å². The first-order valence-electron chi connectivity index (χ1n) is 5.59. The van der Waals surface area contributed by atoms with Gasteiger partial charge in [0.2, 0.25) is 10.0 Å². The molecule has 8 heteroatoms. The summed E-state index contributed by atoms with van der Waals surface area (Å²) < 4.78 is 59.3. The highest BCUT2D eigenvalue weighted by Crippen LogP contribution is 2.25. The summed E-state index contributed by atoms with van der Waals surface area (Å²) in [4.78, 5) is 1.29. The molecule has 1 aliphatic heterocycles. The van der Waals surface area contributed by atoms with Gasteiger partial charge in [-0.3, -0.25) is 4.90 Å². The molecule has 0 atom stereocenters. The van der Waals surface area contributed by atoms with Crippen molar-refractivity contribution in [1.82, 2.24) is 4.90 Å². The van der Waals surface area contributed by atoms with Crippen molar-refractivity contribution in [3.63, 3.8) is 0 Å². The van der Waals surface area contributed by atoms with Crippen LogP contribution in [0.25, 0.3) is 0 Å². The van der Waals surface area contributed by atoms with Gasteiger partial charge in [0.25, 0.3) is 0 Å². The molecule has 0 bridgehead atoms. The van der Waals surface area contributed by atoms with Crippen molar-refractivity contribution in [2.75, 3.05) is 13.1 Å². The van der Waals surface area contributed by atoms with Crippen LogP contribution in [-0.2, 0) is 23.0 Å². The third kappa shape index (κ3) is 3.68. The Bertz CT molecular complexity index is 584. The van der Waals surface area contributed by atoms with Gasteiger partial charge in [-0.1, -0.05) is 6.07 Å². The second kappa shape index (κ2) is 4.77. The lowest BCUT2D eigenvalue weighted by Gasteiger charge is -2.29. The van der Waals surface area contributed by atoms with E-state index in [4.69, 9.17) is 5.14 Å². The normalized spacial score (nSPS) is 17.3. The fourth-order valence-corrected chi connectivity index (χ4v) is 2.72. The maximum absolute atomic E-state index is 12.3. The van der Waals surface area contributed by atoms with Crippen molar-refractivity contribution < 1.29 is 21.6 Å². The van der Waals surface area contributed by atoms with Crippen LogP contribution in [0.2, 0.25) is 0 Å². The minimum Gasteiger partial charge on any atom is -0.290 e. The molecule has 1 heterocycles. The van der Waals surface area contributed by atoms with Crippen molar-refractivity contribution >= 4 is 10.0 Å². The largest absolute Gasteiger partial charge is 0.401 e. The Morgan fingerprint density at radius 1 is 1.26 bits per heavy atom. The summed E-state index contributed by atoms with van der Waals surface area (Å²) in [6.45, 7) is -0.538. The summed E-state index contributed by atoms with van der Waals surface area (Å²) in [5.41, 5.74) is 1.45. The van der Waals surface area contributed by atoms with E-state index in [0.717, 1.165) is 5.56 Å². The van der Waals surface area contributed by atoms with E-state index < -0.39 is 22.7 Å². The van der Waals surface area contributed by atoms with Crippen LogP contribution in [0.4, 0.5) is 13.2 Å². The van der Waals surface area contributed by atoms with Crippen LogP contribution >= 0.6 is 0 Å². The Balaban J connectivity index is 2.20. The average molecular weight is 294 g/mol. The molecular formula is C11H13F3N2O2S. The Kier molecular flexibility index (Phi) is 3.59. The lowest BCUT2D eigenvalue weighted by Crippen LogP contribution is -2.38. The number of nitrogens with two attached hydrogens (primary N) is 1. The molecule has 4 nitrogen and oxygen atoms in total. The highest BCUT2D eigenvalue weighted by Gasteiger charge is 2.32. The van der Waals surface area contributed by atoms with Gasteiger partial charge in [0.1, 0.15) is 0 Å². The number of alkyl halides is 3. The number of fused-ring (bicyclic) bond motifs is 1. The van der Waals surface area contributed by atoms with Crippen molar-refractivity contribution in [3.8, 4) is 0 Å². The van der Waals surface area contributed by atoms with Crippen LogP contribution in [-0.4, -0.2) is 32.6 Å². The molecule has 0 unspecified atom stereocenters. The summed E-state index contributed by atoms with van der Waals surface area (Å²) in [7, 11) is -3.77.